The molecule has 2 nitrogen and oxygen atoms in total. The van der Waals surface area contributed by atoms with Gasteiger partial charge in [0.15, 0.2) is 0 Å². The Morgan fingerprint density at radius 1 is 1.53 bits per heavy atom. The van der Waals surface area contributed by atoms with Crippen molar-refractivity contribution in [1.82, 2.24) is 5.32 Å². The molecule has 0 aromatic heterocycles. The lowest BCUT2D eigenvalue weighted by atomic mass is 10.1. The summed E-state index contributed by atoms with van der Waals surface area (Å²) in [5.74, 6) is 0. The molecule has 0 saturated carbocycles. The Labute approximate surface area is 91.3 Å². The molecule has 1 aliphatic rings. The molecular formula is C13H19NO. The zero-order valence-electron chi connectivity index (χ0n) is 9.46. The summed E-state index contributed by atoms with van der Waals surface area (Å²) >= 11 is 0. The average molecular weight is 205 g/mol. The minimum atomic E-state index is -0.265. The smallest absolute Gasteiger partial charge is 0.0636 e. The van der Waals surface area contributed by atoms with E-state index in [-0.39, 0.29) is 6.10 Å². The molecule has 2 N–H and O–H groups in total. The minimum absolute atomic E-state index is 0.265. The van der Waals surface area contributed by atoms with Crippen LogP contribution in [0.25, 0.3) is 0 Å². The topological polar surface area (TPSA) is 32.3 Å². The summed E-state index contributed by atoms with van der Waals surface area (Å²) < 4.78 is 0. The SMILES string of the molecule is Cc1ccc2c(c1)C(NCC(C)O)CC2. The Morgan fingerprint density at radius 3 is 3.07 bits per heavy atom. The van der Waals surface area contributed by atoms with Crippen LogP contribution in [-0.4, -0.2) is 17.8 Å². The number of hydrogen-bond acceptors (Lipinski definition) is 2. The van der Waals surface area contributed by atoms with Gasteiger partial charge in [0, 0.05) is 12.6 Å². The van der Waals surface area contributed by atoms with E-state index in [0.29, 0.717) is 12.6 Å². The molecule has 1 aromatic rings. The zero-order valence-corrected chi connectivity index (χ0v) is 9.46. The molecule has 2 unspecified atom stereocenters. The van der Waals surface area contributed by atoms with Gasteiger partial charge in [-0.1, -0.05) is 23.8 Å². The molecule has 15 heavy (non-hydrogen) atoms. The molecule has 2 rings (SSSR count). The summed E-state index contributed by atoms with van der Waals surface area (Å²) in [6.07, 6.45) is 2.05. The van der Waals surface area contributed by atoms with Crippen molar-refractivity contribution >= 4 is 0 Å². The maximum absolute atomic E-state index is 9.25. The van der Waals surface area contributed by atoms with Crippen LogP contribution >= 0.6 is 0 Å². The van der Waals surface area contributed by atoms with Crippen molar-refractivity contribution in [3.05, 3.63) is 34.9 Å². The van der Waals surface area contributed by atoms with Crippen molar-refractivity contribution < 1.29 is 5.11 Å². The Kier molecular flexibility index (Phi) is 3.08. The number of aliphatic hydroxyl groups is 1. The van der Waals surface area contributed by atoms with Crippen LogP contribution in [0.1, 0.15) is 36.1 Å². The highest BCUT2D eigenvalue weighted by molar-refractivity contribution is 5.37. The van der Waals surface area contributed by atoms with Gasteiger partial charge in [0.05, 0.1) is 6.10 Å². The second kappa shape index (κ2) is 4.33. The van der Waals surface area contributed by atoms with E-state index >= 15 is 0 Å². The van der Waals surface area contributed by atoms with Gasteiger partial charge in [-0.05, 0) is 37.8 Å². The van der Waals surface area contributed by atoms with Crippen LogP contribution in [0.3, 0.4) is 0 Å². The molecule has 0 spiro atoms. The molecule has 0 bridgehead atoms. The number of hydrogen-bond donors (Lipinski definition) is 2. The minimum Gasteiger partial charge on any atom is -0.392 e. The van der Waals surface area contributed by atoms with E-state index in [1.807, 2.05) is 6.92 Å². The van der Waals surface area contributed by atoms with Crippen molar-refractivity contribution in [2.45, 2.75) is 38.8 Å². The van der Waals surface area contributed by atoms with E-state index in [2.05, 4.69) is 30.4 Å². The number of fused-ring (bicyclic) bond motifs is 1. The summed E-state index contributed by atoms with van der Waals surface area (Å²) in [6.45, 7) is 4.63. The van der Waals surface area contributed by atoms with Crippen LogP contribution in [0, 0.1) is 6.92 Å². The van der Waals surface area contributed by atoms with Gasteiger partial charge >= 0.3 is 0 Å². The first-order valence-corrected chi connectivity index (χ1v) is 5.67. The van der Waals surface area contributed by atoms with Crippen LogP contribution in [-0.2, 0) is 6.42 Å². The quantitative estimate of drug-likeness (QED) is 0.790. The van der Waals surface area contributed by atoms with Crippen molar-refractivity contribution in [2.24, 2.45) is 0 Å². The highest BCUT2D eigenvalue weighted by Crippen LogP contribution is 2.31. The van der Waals surface area contributed by atoms with E-state index in [0.717, 1.165) is 12.8 Å². The third-order valence-electron chi connectivity index (χ3n) is 3.04. The maximum Gasteiger partial charge on any atom is 0.0636 e. The Bertz CT molecular complexity index is 346. The lowest BCUT2D eigenvalue weighted by Gasteiger charge is -2.15. The third-order valence-corrected chi connectivity index (χ3v) is 3.04. The van der Waals surface area contributed by atoms with Gasteiger partial charge in [-0.2, -0.15) is 0 Å². The fraction of sp³-hybridized carbons (Fsp3) is 0.538. The standard InChI is InChI=1S/C13H19NO/c1-9-3-4-11-5-6-13(12(11)7-9)14-8-10(2)15/h3-4,7,10,13-15H,5-6,8H2,1-2H3. The summed E-state index contributed by atoms with van der Waals surface area (Å²) in [5.41, 5.74) is 4.21. The first kappa shape index (κ1) is 10.7. The van der Waals surface area contributed by atoms with Crippen LogP contribution in [0.15, 0.2) is 18.2 Å². The predicted molar refractivity (Wildman–Crippen MR) is 61.9 cm³/mol. The van der Waals surface area contributed by atoms with Gasteiger partial charge in [-0.3, -0.25) is 0 Å². The number of benzene rings is 1. The first-order valence-electron chi connectivity index (χ1n) is 5.67. The summed E-state index contributed by atoms with van der Waals surface area (Å²) in [7, 11) is 0. The van der Waals surface area contributed by atoms with Crippen molar-refractivity contribution in [2.75, 3.05) is 6.54 Å². The molecule has 1 aromatic carbocycles. The normalized spacial score (nSPS) is 21.4. The second-order valence-electron chi connectivity index (χ2n) is 4.55. The lowest BCUT2D eigenvalue weighted by Crippen LogP contribution is -2.27. The van der Waals surface area contributed by atoms with E-state index in [9.17, 15) is 5.11 Å². The van der Waals surface area contributed by atoms with Crippen LogP contribution < -0.4 is 5.32 Å². The van der Waals surface area contributed by atoms with Crippen molar-refractivity contribution in [3.63, 3.8) is 0 Å². The summed E-state index contributed by atoms with van der Waals surface area (Å²) in [5, 5.41) is 12.7. The molecule has 2 heteroatoms. The second-order valence-corrected chi connectivity index (χ2v) is 4.55. The summed E-state index contributed by atoms with van der Waals surface area (Å²) in [6, 6.07) is 7.11. The van der Waals surface area contributed by atoms with Crippen molar-refractivity contribution in [3.8, 4) is 0 Å². The number of rotatable bonds is 3. The molecule has 0 aliphatic heterocycles. The van der Waals surface area contributed by atoms with Gasteiger partial charge in [0.1, 0.15) is 0 Å². The number of nitrogens with one attached hydrogen (secondary N) is 1. The number of aryl methyl sites for hydroxylation is 2. The van der Waals surface area contributed by atoms with E-state index in [1.165, 1.54) is 16.7 Å². The fourth-order valence-electron chi connectivity index (χ4n) is 2.25. The van der Waals surface area contributed by atoms with Gasteiger partial charge in [-0.25, -0.2) is 0 Å². The molecule has 0 radical (unpaired) electrons. The monoisotopic (exact) mass is 205 g/mol. The van der Waals surface area contributed by atoms with Crippen LogP contribution in [0.2, 0.25) is 0 Å². The van der Waals surface area contributed by atoms with E-state index < -0.39 is 0 Å². The fourth-order valence-corrected chi connectivity index (χ4v) is 2.25. The predicted octanol–water partition coefficient (Wildman–Crippen LogP) is 1.95. The molecule has 1 aliphatic carbocycles. The molecule has 0 saturated heterocycles. The largest absolute Gasteiger partial charge is 0.392 e. The highest BCUT2D eigenvalue weighted by Gasteiger charge is 2.21. The van der Waals surface area contributed by atoms with Gasteiger partial charge < -0.3 is 10.4 Å². The van der Waals surface area contributed by atoms with E-state index in [4.69, 9.17) is 0 Å². The van der Waals surface area contributed by atoms with Gasteiger partial charge in [-0.15, -0.1) is 0 Å². The summed E-state index contributed by atoms with van der Waals surface area (Å²) in [4.78, 5) is 0. The Balaban J connectivity index is 2.10. The number of aliphatic hydroxyl groups excluding tert-OH is 1. The van der Waals surface area contributed by atoms with Gasteiger partial charge in [0.25, 0.3) is 0 Å². The molecule has 0 fully saturated rings. The maximum atomic E-state index is 9.25. The molecule has 2 atom stereocenters. The highest BCUT2D eigenvalue weighted by atomic mass is 16.3. The van der Waals surface area contributed by atoms with Crippen molar-refractivity contribution in [1.29, 1.82) is 0 Å². The average Bonchev–Trinajstić information content (AvgIpc) is 2.57. The van der Waals surface area contributed by atoms with E-state index in [1.54, 1.807) is 0 Å². The van der Waals surface area contributed by atoms with Crippen LogP contribution in [0.4, 0.5) is 0 Å². The lowest BCUT2D eigenvalue weighted by molar-refractivity contribution is 0.186. The Morgan fingerprint density at radius 2 is 2.33 bits per heavy atom. The molecular weight excluding hydrogens is 186 g/mol. The molecule has 0 heterocycles. The van der Waals surface area contributed by atoms with Crippen LogP contribution in [0.5, 0.6) is 0 Å². The molecule has 82 valence electrons. The van der Waals surface area contributed by atoms with Gasteiger partial charge in [0.2, 0.25) is 0 Å². The first-order chi connectivity index (χ1) is 7.16. The zero-order chi connectivity index (χ0) is 10.8. The Hall–Kier alpha value is -0.860. The third kappa shape index (κ3) is 2.39. The molecule has 0 amide bonds.